The van der Waals surface area contributed by atoms with Gasteiger partial charge in [0.05, 0.1) is 63.9 Å². The predicted molar refractivity (Wildman–Crippen MR) is 91.4 cm³/mol. The minimum absolute atomic E-state index is 0.654. The molecule has 0 fully saturated rings. The number of hydrogen-bond donors (Lipinski definition) is 0. The summed E-state index contributed by atoms with van der Waals surface area (Å²) in [5, 5.41) is 0. The first-order valence-corrected chi connectivity index (χ1v) is 10.0. The summed E-state index contributed by atoms with van der Waals surface area (Å²) in [5.41, 5.74) is 0. The van der Waals surface area contributed by atoms with E-state index in [1.54, 1.807) is 0 Å². The average Bonchev–Trinajstić information content (AvgIpc) is 2.51. The highest BCUT2D eigenvalue weighted by Crippen LogP contribution is 2.08. The van der Waals surface area contributed by atoms with Crippen molar-refractivity contribution in [2.75, 3.05) is 63.9 Å². The minimum Gasteiger partial charge on any atom is -0.324 e. The molecule has 0 saturated heterocycles. The van der Waals surface area contributed by atoms with Crippen molar-refractivity contribution in [3.8, 4) is 0 Å². The molecule has 4 heteroatoms. The van der Waals surface area contributed by atoms with Gasteiger partial charge in [0.1, 0.15) is 0 Å². The molecule has 0 saturated carbocycles. The van der Waals surface area contributed by atoms with Gasteiger partial charge in [0.25, 0.3) is 0 Å². The van der Waals surface area contributed by atoms with Crippen LogP contribution in [0.1, 0.15) is 41.5 Å². The third-order valence-corrected chi connectivity index (χ3v) is 6.89. The zero-order valence-corrected chi connectivity index (χ0v) is 15.6. The van der Waals surface area contributed by atoms with E-state index in [1.165, 1.54) is 0 Å². The van der Waals surface area contributed by atoms with E-state index in [-0.39, 0.29) is 0 Å². The molecule has 0 aliphatic rings. The molecule has 122 valence electrons. The van der Waals surface area contributed by atoms with Crippen molar-refractivity contribution in [3.05, 3.63) is 0 Å². The van der Waals surface area contributed by atoms with Crippen LogP contribution < -0.4 is 0 Å². The lowest BCUT2D eigenvalue weighted by atomic mass is 10.3. The smallest absolute Gasteiger partial charge is 0.0903 e. The third kappa shape index (κ3) is 5.82. The molecule has 0 unspecified atom stereocenters. The summed E-state index contributed by atoms with van der Waals surface area (Å²) >= 11 is 0. The molecular weight excluding hydrogens is 268 g/mol. The summed E-state index contributed by atoms with van der Waals surface area (Å²) in [6.45, 7) is 22.6. The van der Waals surface area contributed by atoms with Crippen molar-refractivity contribution in [2.24, 2.45) is 0 Å². The second-order valence-corrected chi connectivity index (χ2v) is 7.57. The van der Waals surface area contributed by atoms with Gasteiger partial charge in [-0.1, -0.05) is 0 Å². The molecule has 0 aromatic heterocycles. The molecule has 0 aromatic rings. The molecule has 0 radical (unpaired) electrons. The quantitative estimate of drug-likeness (QED) is 0.506. The highest BCUT2D eigenvalue weighted by atomic mass is 32.2. The lowest BCUT2D eigenvalue weighted by Crippen LogP contribution is -2.51. The van der Waals surface area contributed by atoms with Gasteiger partial charge >= 0.3 is 0 Å². The summed E-state index contributed by atoms with van der Waals surface area (Å²) in [4.78, 5) is 0. The Morgan fingerprint density at radius 3 is 1.05 bits per heavy atom. The summed E-state index contributed by atoms with van der Waals surface area (Å²) in [6.07, 6.45) is 0. The van der Waals surface area contributed by atoms with Crippen LogP contribution >= 0.6 is 0 Å². The fraction of sp³-hybridized carbons (Fsp3) is 1.00. The van der Waals surface area contributed by atoms with Gasteiger partial charge in [0, 0.05) is 10.8 Å². The Kier molecular flexibility index (Phi) is 9.94. The highest BCUT2D eigenvalue weighted by molar-refractivity contribution is 7.85. The fourth-order valence-electron chi connectivity index (χ4n) is 2.98. The molecule has 0 rings (SSSR count). The fourth-order valence-corrected chi connectivity index (χ4v) is 4.37. The van der Waals surface area contributed by atoms with E-state index in [1.807, 2.05) is 0 Å². The van der Waals surface area contributed by atoms with Crippen molar-refractivity contribution in [2.45, 2.75) is 41.5 Å². The molecule has 0 bridgehead atoms. The molecule has 0 aliphatic heterocycles. The van der Waals surface area contributed by atoms with Gasteiger partial charge in [-0.25, -0.2) is 0 Å². The zero-order valence-electron chi connectivity index (χ0n) is 14.8. The van der Waals surface area contributed by atoms with Gasteiger partial charge < -0.3 is 8.97 Å². The van der Waals surface area contributed by atoms with E-state index in [0.29, 0.717) is 0 Å². The minimum atomic E-state index is -0.654. The maximum Gasteiger partial charge on any atom is 0.0903 e. The average molecular weight is 307 g/mol. The Labute approximate surface area is 130 Å². The van der Waals surface area contributed by atoms with E-state index in [4.69, 9.17) is 0 Å². The molecule has 20 heavy (non-hydrogen) atoms. The van der Waals surface area contributed by atoms with Crippen LogP contribution in [-0.2, 0) is 10.8 Å². The topological polar surface area (TPSA) is 17.1 Å². The molecule has 3 nitrogen and oxygen atoms in total. The second kappa shape index (κ2) is 9.91. The summed E-state index contributed by atoms with van der Waals surface area (Å²) in [7, 11) is -0.654. The van der Waals surface area contributed by atoms with Gasteiger partial charge in [0.2, 0.25) is 0 Å². The molecule has 0 spiro atoms. The van der Waals surface area contributed by atoms with Crippen molar-refractivity contribution in [1.29, 1.82) is 0 Å². The summed E-state index contributed by atoms with van der Waals surface area (Å²) in [6, 6.07) is 0. The van der Waals surface area contributed by atoms with Gasteiger partial charge in [0.15, 0.2) is 0 Å². The summed E-state index contributed by atoms with van der Waals surface area (Å²) in [5.74, 6) is 1.74. The van der Waals surface area contributed by atoms with Crippen LogP contribution in [0.25, 0.3) is 0 Å². The Hall–Kier alpha value is 0.0700. The Bertz CT molecular complexity index is 231. The first-order valence-electron chi connectivity index (χ1n) is 8.52. The van der Waals surface area contributed by atoms with Crippen molar-refractivity contribution >= 4 is 10.8 Å². The van der Waals surface area contributed by atoms with E-state index in [9.17, 15) is 4.21 Å². The van der Waals surface area contributed by atoms with Crippen LogP contribution in [0, 0.1) is 0 Å². The number of hydrogen-bond acceptors (Lipinski definition) is 1. The van der Waals surface area contributed by atoms with Crippen molar-refractivity contribution in [1.82, 2.24) is 0 Å². The van der Waals surface area contributed by atoms with Gasteiger partial charge in [-0.2, -0.15) is 0 Å². The standard InChI is InChI=1S/C16H38N2OS/c1-7-17(8-2,9-3)13-15-20(19)16-14-18(10-4,11-5)12-6/h7-16H2,1-6H3/q+2. The first-order chi connectivity index (χ1) is 9.46. The molecule has 0 amide bonds. The highest BCUT2D eigenvalue weighted by Gasteiger charge is 2.24. The Morgan fingerprint density at radius 1 is 0.600 bits per heavy atom. The van der Waals surface area contributed by atoms with Gasteiger partial charge in [-0.15, -0.1) is 0 Å². The first kappa shape index (κ1) is 20.1. The number of quaternary nitrogens is 2. The normalized spacial score (nSPS) is 13.2. The van der Waals surface area contributed by atoms with Crippen LogP contribution in [0.2, 0.25) is 0 Å². The summed E-state index contributed by atoms with van der Waals surface area (Å²) < 4.78 is 14.5. The predicted octanol–water partition coefficient (Wildman–Crippen LogP) is 2.49. The van der Waals surface area contributed by atoms with E-state index >= 15 is 0 Å². The van der Waals surface area contributed by atoms with Crippen LogP contribution in [0.4, 0.5) is 0 Å². The van der Waals surface area contributed by atoms with Crippen molar-refractivity contribution in [3.63, 3.8) is 0 Å². The molecule has 0 N–H and O–H groups in total. The maximum atomic E-state index is 12.3. The van der Waals surface area contributed by atoms with Gasteiger partial charge in [-0.3, -0.25) is 4.21 Å². The zero-order chi connectivity index (χ0) is 15.6. The van der Waals surface area contributed by atoms with E-state index in [0.717, 1.165) is 72.8 Å². The molecule has 0 heterocycles. The van der Waals surface area contributed by atoms with Crippen LogP contribution in [0.5, 0.6) is 0 Å². The van der Waals surface area contributed by atoms with E-state index < -0.39 is 10.8 Å². The van der Waals surface area contributed by atoms with Crippen LogP contribution in [0.15, 0.2) is 0 Å². The second-order valence-electron chi connectivity index (χ2n) is 5.88. The number of rotatable bonds is 12. The van der Waals surface area contributed by atoms with Gasteiger partial charge in [-0.05, 0) is 41.5 Å². The molecular formula is C16H38N2OS+2. The maximum absolute atomic E-state index is 12.3. The largest absolute Gasteiger partial charge is 0.324 e. The lowest BCUT2D eigenvalue weighted by molar-refractivity contribution is -0.921. The Balaban J connectivity index is 4.30. The molecule has 0 atom stereocenters. The van der Waals surface area contributed by atoms with Crippen molar-refractivity contribution < 1.29 is 13.2 Å². The lowest BCUT2D eigenvalue weighted by Gasteiger charge is -2.37. The van der Waals surface area contributed by atoms with Crippen LogP contribution in [0.3, 0.4) is 0 Å². The SMILES string of the molecule is CC[N+](CC)(CC)CCS(=O)CC[N+](CC)(CC)CC. The van der Waals surface area contributed by atoms with E-state index in [2.05, 4.69) is 41.5 Å². The van der Waals surface area contributed by atoms with Crippen LogP contribution in [-0.4, -0.2) is 77.0 Å². The molecule has 0 aliphatic carbocycles. The number of nitrogens with zero attached hydrogens (tertiary/aromatic N) is 2. The monoisotopic (exact) mass is 306 g/mol. The molecule has 0 aromatic carbocycles. The Morgan fingerprint density at radius 2 is 0.850 bits per heavy atom. The third-order valence-electron chi connectivity index (χ3n) is 5.61.